The minimum absolute atomic E-state index is 1.08. The molecule has 2 heteroatoms. The Bertz CT molecular complexity index is 1800. The van der Waals surface area contributed by atoms with Crippen LogP contribution in [0.2, 0.25) is 0 Å². The van der Waals surface area contributed by atoms with Crippen LogP contribution in [0.4, 0.5) is 0 Å². The van der Waals surface area contributed by atoms with Gasteiger partial charge in [0, 0.05) is 4.47 Å². The monoisotopic (exact) mass is 642 g/mol. The van der Waals surface area contributed by atoms with Crippen molar-refractivity contribution in [1.29, 1.82) is 0 Å². The first-order valence-electron chi connectivity index (χ1n) is 15.0. The Labute approximate surface area is 269 Å². The number of rotatable bonds is 7. The van der Waals surface area contributed by atoms with Crippen LogP contribution in [0.15, 0.2) is 193 Å². The Morgan fingerprint density at radius 2 is 0.591 bits per heavy atom. The van der Waals surface area contributed by atoms with E-state index >= 15 is 0 Å². The summed E-state index contributed by atoms with van der Waals surface area (Å²) in [7, 11) is -2.84. The molecule has 0 aliphatic rings. The standard InChI is InChI=1S/C42H31BrSi/c43-38-25-27-39(28-26-38)44(40-22-10-19-35(29-40)32-13-4-1-5-14-32,41-23-11-20-36(30-41)33-15-6-2-7-16-33)42-24-12-21-37(31-42)34-17-8-3-9-18-34/h1-31H. The van der Waals surface area contributed by atoms with E-state index in [-0.39, 0.29) is 0 Å². The lowest BCUT2D eigenvalue weighted by Gasteiger charge is -2.35. The van der Waals surface area contributed by atoms with Gasteiger partial charge in [0.25, 0.3) is 0 Å². The first kappa shape index (κ1) is 28.0. The van der Waals surface area contributed by atoms with Gasteiger partial charge >= 0.3 is 0 Å². The van der Waals surface area contributed by atoms with Crippen LogP contribution in [0.3, 0.4) is 0 Å². The largest absolute Gasteiger partial charge is 0.179 e. The van der Waals surface area contributed by atoms with Crippen LogP contribution in [-0.2, 0) is 0 Å². The minimum atomic E-state index is -2.84. The highest BCUT2D eigenvalue weighted by atomic mass is 79.9. The predicted molar refractivity (Wildman–Crippen MR) is 194 cm³/mol. The van der Waals surface area contributed by atoms with Crippen molar-refractivity contribution in [3.05, 3.63) is 193 Å². The molecular weight excluding hydrogens is 612 g/mol. The zero-order valence-electron chi connectivity index (χ0n) is 24.3. The fraction of sp³-hybridized carbons (Fsp3) is 0. The van der Waals surface area contributed by atoms with E-state index in [9.17, 15) is 0 Å². The van der Waals surface area contributed by atoms with Crippen LogP contribution >= 0.6 is 15.9 Å². The maximum absolute atomic E-state index is 3.72. The Morgan fingerprint density at radius 3 is 0.932 bits per heavy atom. The molecule has 7 aromatic carbocycles. The summed E-state index contributed by atoms with van der Waals surface area (Å²) in [5, 5.41) is 5.42. The summed E-state index contributed by atoms with van der Waals surface area (Å²) in [6.45, 7) is 0. The number of halogens is 1. The second-order valence-electron chi connectivity index (χ2n) is 11.1. The zero-order valence-corrected chi connectivity index (χ0v) is 26.9. The lowest BCUT2D eigenvalue weighted by Crippen LogP contribution is -2.74. The van der Waals surface area contributed by atoms with E-state index in [1.54, 1.807) is 0 Å². The Hall–Kier alpha value is -4.76. The van der Waals surface area contributed by atoms with E-state index in [2.05, 4.69) is 204 Å². The molecule has 0 atom stereocenters. The van der Waals surface area contributed by atoms with Gasteiger partial charge in [0.2, 0.25) is 0 Å². The molecule has 0 unspecified atom stereocenters. The Morgan fingerprint density at radius 1 is 0.273 bits per heavy atom. The van der Waals surface area contributed by atoms with Crippen molar-refractivity contribution in [3.8, 4) is 33.4 Å². The number of hydrogen-bond acceptors (Lipinski definition) is 0. The third-order valence-corrected chi connectivity index (χ3v) is 13.7. The highest BCUT2D eigenvalue weighted by Crippen LogP contribution is 2.24. The molecule has 0 fully saturated rings. The molecule has 0 saturated heterocycles. The summed E-state index contributed by atoms with van der Waals surface area (Å²) < 4.78 is 1.08. The van der Waals surface area contributed by atoms with E-state index in [0.29, 0.717) is 0 Å². The molecule has 0 radical (unpaired) electrons. The molecule has 0 aromatic heterocycles. The van der Waals surface area contributed by atoms with Gasteiger partial charge < -0.3 is 0 Å². The van der Waals surface area contributed by atoms with Gasteiger partial charge in [-0.05, 0) is 66.3 Å². The van der Waals surface area contributed by atoms with Crippen molar-refractivity contribution in [1.82, 2.24) is 0 Å². The first-order chi connectivity index (χ1) is 21.7. The maximum atomic E-state index is 3.72. The van der Waals surface area contributed by atoms with Crippen molar-refractivity contribution in [2.45, 2.75) is 0 Å². The summed E-state index contributed by atoms with van der Waals surface area (Å²) >= 11 is 3.72. The Balaban J connectivity index is 1.57. The maximum Gasteiger partial charge on any atom is 0.179 e. The first-order valence-corrected chi connectivity index (χ1v) is 17.7. The molecule has 7 aromatic rings. The van der Waals surface area contributed by atoms with Gasteiger partial charge in [-0.25, -0.2) is 0 Å². The summed E-state index contributed by atoms with van der Waals surface area (Å²) in [4.78, 5) is 0. The van der Waals surface area contributed by atoms with E-state index in [1.165, 1.54) is 54.1 Å². The van der Waals surface area contributed by atoms with Crippen LogP contribution in [-0.4, -0.2) is 8.07 Å². The summed E-state index contributed by atoms with van der Waals surface area (Å²) in [5.41, 5.74) is 7.37. The van der Waals surface area contributed by atoms with Crippen LogP contribution in [0.25, 0.3) is 33.4 Å². The highest BCUT2D eigenvalue weighted by Gasteiger charge is 2.42. The average molecular weight is 644 g/mol. The molecule has 7 rings (SSSR count). The minimum Gasteiger partial charge on any atom is -0.0622 e. The smallest absolute Gasteiger partial charge is 0.0622 e. The van der Waals surface area contributed by atoms with Crippen LogP contribution in [0, 0.1) is 0 Å². The van der Waals surface area contributed by atoms with Crippen molar-refractivity contribution in [2.24, 2.45) is 0 Å². The molecule has 0 amide bonds. The molecular formula is C42H31BrSi. The summed E-state index contributed by atoms with van der Waals surface area (Å²) in [5.74, 6) is 0. The molecule has 0 spiro atoms. The van der Waals surface area contributed by atoms with E-state index in [1.807, 2.05) is 0 Å². The fourth-order valence-electron chi connectivity index (χ4n) is 6.39. The lowest BCUT2D eigenvalue weighted by molar-refractivity contribution is 1.60. The molecule has 210 valence electrons. The van der Waals surface area contributed by atoms with Gasteiger partial charge in [0.05, 0.1) is 0 Å². The van der Waals surface area contributed by atoms with Crippen molar-refractivity contribution in [2.75, 3.05) is 0 Å². The van der Waals surface area contributed by atoms with Gasteiger partial charge in [0.15, 0.2) is 8.07 Å². The summed E-state index contributed by atoms with van der Waals surface area (Å²) in [6.07, 6.45) is 0. The van der Waals surface area contributed by atoms with Gasteiger partial charge in [0.1, 0.15) is 0 Å². The van der Waals surface area contributed by atoms with Gasteiger partial charge in [-0.1, -0.05) is 192 Å². The van der Waals surface area contributed by atoms with Crippen LogP contribution in [0.1, 0.15) is 0 Å². The molecule has 44 heavy (non-hydrogen) atoms. The van der Waals surface area contributed by atoms with Gasteiger partial charge in [-0.3, -0.25) is 0 Å². The third-order valence-electron chi connectivity index (χ3n) is 8.49. The molecule has 0 bridgehead atoms. The molecule has 0 N–H and O–H groups in total. The topological polar surface area (TPSA) is 0 Å². The number of hydrogen-bond donors (Lipinski definition) is 0. The van der Waals surface area contributed by atoms with Crippen LogP contribution < -0.4 is 20.7 Å². The van der Waals surface area contributed by atoms with E-state index in [4.69, 9.17) is 0 Å². The van der Waals surface area contributed by atoms with Crippen molar-refractivity contribution < 1.29 is 0 Å². The molecule has 0 saturated carbocycles. The average Bonchev–Trinajstić information content (AvgIpc) is 3.11. The molecule has 0 heterocycles. The van der Waals surface area contributed by atoms with Crippen molar-refractivity contribution in [3.63, 3.8) is 0 Å². The predicted octanol–water partition coefficient (Wildman–Crippen LogP) is 8.83. The quantitative estimate of drug-likeness (QED) is 0.120. The highest BCUT2D eigenvalue weighted by molar-refractivity contribution is 9.10. The second kappa shape index (κ2) is 12.5. The van der Waals surface area contributed by atoms with E-state index < -0.39 is 8.07 Å². The van der Waals surface area contributed by atoms with Crippen molar-refractivity contribution >= 4 is 44.8 Å². The van der Waals surface area contributed by atoms with Gasteiger partial charge in [-0.15, -0.1) is 0 Å². The van der Waals surface area contributed by atoms with Gasteiger partial charge in [-0.2, -0.15) is 0 Å². The number of benzene rings is 7. The lowest BCUT2D eigenvalue weighted by atomic mass is 10.1. The third kappa shape index (κ3) is 5.39. The summed E-state index contributed by atoms with van der Waals surface area (Å²) in [6, 6.07) is 69.0. The zero-order chi connectivity index (χ0) is 29.8. The second-order valence-corrected chi connectivity index (χ2v) is 15.8. The molecule has 0 aliphatic carbocycles. The molecule has 0 aliphatic heterocycles. The SMILES string of the molecule is Brc1ccc([Si](c2cccc(-c3ccccc3)c2)(c2cccc(-c3ccccc3)c2)c2cccc(-c3ccccc3)c2)cc1. The normalized spacial score (nSPS) is 11.3. The Kier molecular flexibility index (Phi) is 7.94. The van der Waals surface area contributed by atoms with E-state index in [0.717, 1.165) is 4.47 Å². The molecule has 0 nitrogen and oxygen atoms in total. The van der Waals surface area contributed by atoms with Crippen LogP contribution in [0.5, 0.6) is 0 Å². The fourth-order valence-corrected chi connectivity index (χ4v) is 11.5.